The monoisotopic (exact) mass is 310 g/mol. The Morgan fingerprint density at radius 3 is 2.27 bits per heavy atom. The molecule has 1 fully saturated rings. The van der Waals surface area contributed by atoms with Crippen LogP contribution in [0.25, 0.3) is 0 Å². The Balaban J connectivity index is 2.56. The number of hydrogen-bond donors (Lipinski definition) is 1. The van der Waals surface area contributed by atoms with Crippen LogP contribution in [0.4, 0.5) is 0 Å². The standard InChI is InChI=1S/C21H42O/c1-6-9-19(17(5)11-10-16(4)7-2)14-20-15-21(22)13-12-18(20)8-3/h16-22H,6-15H2,1-5H3/t16?,17-,18+,19?,20?,21?/m1/s1. The van der Waals surface area contributed by atoms with E-state index in [-0.39, 0.29) is 6.10 Å². The minimum atomic E-state index is -0.0227. The summed E-state index contributed by atoms with van der Waals surface area (Å²) in [6, 6.07) is 0. The molecule has 1 rings (SSSR count). The van der Waals surface area contributed by atoms with Crippen LogP contribution in [0.15, 0.2) is 0 Å². The first kappa shape index (κ1) is 20.0. The molecule has 0 amide bonds. The molecule has 132 valence electrons. The van der Waals surface area contributed by atoms with Crippen LogP contribution in [0, 0.1) is 29.6 Å². The second-order valence-corrected chi connectivity index (χ2v) is 8.25. The smallest absolute Gasteiger partial charge is 0.0543 e. The average Bonchev–Trinajstić information content (AvgIpc) is 2.52. The highest BCUT2D eigenvalue weighted by molar-refractivity contribution is 4.82. The first-order chi connectivity index (χ1) is 10.5. The van der Waals surface area contributed by atoms with Crippen molar-refractivity contribution in [3.05, 3.63) is 0 Å². The zero-order chi connectivity index (χ0) is 16.5. The van der Waals surface area contributed by atoms with Gasteiger partial charge in [0.1, 0.15) is 0 Å². The minimum Gasteiger partial charge on any atom is -0.393 e. The zero-order valence-electron chi connectivity index (χ0n) is 16.0. The average molecular weight is 311 g/mol. The van der Waals surface area contributed by atoms with Gasteiger partial charge in [0.2, 0.25) is 0 Å². The Bertz CT molecular complexity index is 275. The van der Waals surface area contributed by atoms with Crippen LogP contribution in [-0.2, 0) is 0 Å². The fraction of sp³-hybridized carbons (Fsp3) is 1.00. The third-order valence-electron chi connectivity index (χ3n) is 6.52. The van der Waals surface area contributed by atoms with Crippen molar-refractivity contribution in [2.45, 2.75) is 105 Å². The van der Waals surface area contributed by atoms with Crippen molar-refractivity contribution < 1.29 is 5.11 Å². The van der Waals surface area contributed by atoms with E-state index in [1.165, 1.54) is 51.4 Å². The molecule has 0 bridgehead atoms. The van der Waals surface area contributed by atoms with Crippen LogP contribution in [-0.4, -0.2) is 11.2 Å². The maximum atomic E-state index is 10.1. The first-order valence-corrected chi connectivity index (χ1v) is 10.2. The fourth-order valence-corrected chi connectivity index (χ4v) is 4.51. The summed E-state index contributed by atoms with van der Waals surface area (Å²) in [6.07, 6.45) is 12.8. The van der Waals surface area contributed by atoms with E-state index in [2.05, 4.69) is 34.6 Å². The highest BCUT2D eigenvalue weighted by atomic mass is 16.3. The van der Waals surface area contributed by atoms with Gasteiger partial charge in [-0.1, -0.05) is 73.1 Å². The van der Waals surface area contributed by atoms with Crippen LogP contribution in [0.1, 0.15) is 98.8 Å². The van der Waals surface area contributed by atoms with E-state index >= 15 is 0 Å². The molecule has 0 aromatic heterocycles. The van der Waals surface area contributed by atoms with Crippen molar-refractivity contribution >= 4 is 0 Å². The highest BCUT2D eigenvalue weighted by Gasteiger charge is 2.31. The van der Waals surface area contributed by atoms with Gasteiger partial charge in [0.05, 0.1) is 6.10 Å². The molecule has 1 aliphatic carbocycles. The van der Waals surface area contributed by atoms with E-state index in [1.807, 2.05) is 0 Å². The second-order valence-electron chi connectivity index (χ2n) is 8.25. The van der Waals surface area contributed by atoms with Crippen molar-refractivity contribution in [2.75, 3.05) is 0 Å². The summed E-state index contributed by atoms with van der Waals surface area (Å²) in [5.41, 5.74) is 0. The Kier molecular flexibility index (Phi) is 9.71. The lowest BCUT2D eigenvalue weighted by atomic mass is 9.69. The fourth-order valence-electron chi connectivity index (χ4n) is 4.51. The lowest BCUT2D eigenvalue weighted by Gasteiger charge is -2.37. The van der Waals surface area contributed by atoms with Gasteiger partial charge in [0.15, 0.2) is 0 Å². The highest BCUT2D eigenvalue weighted by Crippen LogP contribution is 2.40. The largest absolute Gasteiger partial charge is 0.393 e. The number of aliphatic hydroxyl groups excluding tert-OH is 1. The van der Waals surface area contributed by atoms with Crippen molar-refractivity contribution in [2.24, 2.45) is 29.6 Å². The Hall–Kier alpha value is -0.0400. The van der Waals surface area contributed by atoms with Crippen LogP contribution in [0.5, 0.6) is 0 Å². The summed E-state index contributed by atoms with van der Waals surface area (Å²) in [7, 11) is 0. The Labute approximate surface area is 140 Å². The van der Waals surface area contributed by atoms with Crippen LogP contribution in [0.2, 0.25) is 0 Å². The van der Waals surface area contributed by atoms with Gasteiger partial charge in [-0.15, -0.1) is 0 Å². The SMILES string of the molecule is CCCC(CC1CC(O)CC[C@@H]1CC)[C@H](C)CCC(C)CC. The topological polar surface area (TPSA) is 20.2 Å². The van der Waals surface area contributed by atoms with Gasteiger partial charge in [0.25, 0.3) is 0 Å². The summed E-state index contributed by atoms with van der Waals surface area (Å²) in [5.74, 6) is 4.24. The van der Waals surface area contributed by atoms with Gasteiger partial charge in [-0.2, -0.15) is 0 Å². The minimum absolute atomic E-state index is 0.0227. The van der Waals surface area contributed by atoms with Gasteiger partial charge < -0.3 is 5.11 Å². The van der Waals surface area contributed by atoms with E-state index in [0.29, 0.717) is 0 Å². The summed E-state index contributed by atoms with van der Waals surface area (Å²) >= 11 is 0. The summed E-state index contributed by atoms with van der Waals surface area (Å²) in [5, 5.41) is 10.1. The third kappa shape index (κ3) is 6.60. The van der Waals surface area contributed by atoms with Crippen LogP contribution < -0.4 is 0 Å². The van der Waals surface area contributed by atoms with Gasteiger partial charge in [-0.05, 0) is 55.3 Å². The summed E-state index contributed by atoms with van der Waals surface area (Å²) < 4.78 is 0. The molecule has 22 heavy (non-hydrogen) atoms. The molecule has 0 aliphatic heterocycles. The molecule has 0 spiro atoms. The van der Waals surface area contributed by atoms with E-state index in [4.69, 9.17) is 0 Å². The zero-order valence-corrected chi connectivity index (χ0v) is 16.0. The third-order valence-corrected chi connectivity index (χ3v) is 6.52. The van der Waals surface area contributed by atoms with E-state index in [0.717, 1.165) is 42.4 Å². The molecule has 0 radical (unpaired) electrons. The van der Waals surface area contributed by atoms with Crippen molar-refractivity contribution in [3.8, 4) is 0 Å². The van der Waals surface area contributed by atoms with E-state index in [1.54, 1.807) is 0 Å². The van der Waals surface area contributed by atoms with E-state index < -0.39 is 0 Å². The molecular formula is C21H42O. The molecule has 4 unspecified atom stereocenters. The number of aliphatic hydroxyl groups is 1. The quantitative estimate of drug-likeness (QED) is 0.492. The molecule has 1 N–H and O–H groups in total. The predicted octanol–water partition coefficient (Wildman–Crippen LogP) is 6.44. The number of hydrogen-bond acceptors (Lipinski definition) is 1. The molecule has 0 aromatic rings. The lowest BCUT2D eigenvalue weighted by Crippen LogP contribution is -2.30. The molecule has 0 saturated heterocycles. The van der Waals surface area contributed by atoms with Crippen molar-refractivity contribution in [3.63, 3.8) is 0 Å². The van der Waals surface area contributed by atoms with E-state index in [9.17, 15) is 5.11 Å². The van der Waals surface area contributed by atoms with Gasteiger partial charge in [-0.25, -0.2) is 0 Å². The Morgan fingerprint density at radius 1 is 0.955 bits per heavy atom. The molecule has 1 nitrogen and oxygen atoms in total. The molecule has 1 heteroatoms. The molecule has 1 saturated carbocycles. The van der Waals surface area contributed by atoms with Gasteiger partial charge in [0, 0.05) is 0 Å². The molecule has 0 heterocycles. The molecule has 1 aliphatic rings. The van der Waals surface area contributed by atoms with Crippen LogP contribution in [0.3, 0.4) is 0 Å². The first-order valence-electron chi connectivity index (χ1n) is 10.2. The van der Waals surface area contributed by atoms with Crippen molar-refractivity contribution in [1.29, 1.82) is 0 Å². The molecular weight excluding hydrogens is 268 g/mol. The number of rotatable bonds is 10. The molecule has 0 aromatic carbocycles. The maximum Gasteiger partial charge on any atom is 0.0543 e. The Morgan fingerprint density at radius 2 is 1.68 bits per heavy atom. The summed E-state index contributed by atoms with van der Waals surface area (Å²) in [6.45, 7) is 11.9. The molecule has 6 atom stereocenters. The van der Waals surface area contributed by atoms with Gasteiger partial charge >= 0.3 is 0 Å². The van der Waals surface area contributed by atoms with Crippen LogP contribution >= 0.6 is 0 Å². The van der Waals surface area contributed by atoms with Gasteiger partial charge in [-0.3, -0.25) is 0 Å². The summed E-state index contributed by atoms with van der Waals surface area (Å²) in [4.78, 5) is 0. The second kappa shape index (κ2) is 10.7. The lowest BCUT2D eigenvalue weighted by molar-refractivity contribution is 0.0501. The maximum absolute atomic E-state index is 10.1. The predicted molar refractivity (Wildman–Crippen MR) is 98.0 cm³/mol. The normalized spacial score (nSPS) is 30.0. The van der Waals surface area contributed by atoms with Crippen molar-refractivity contribution in [1.82, 2.24) is 0 Å².